The summed E-state index contributed by atoms with van der Waals surface area (Å²) < 4.78 is 40.3. The molecule has 0 spiro atoms. The van der Waals surface area contributed by atoms with E-state index in [1.54, 1.807) is 20.8 Å². The van der Waals surface area contributed by atoms with Crippen LogP contribution in [0, 0.1) is 0 Å². The zero-order valence-electron chi connectivity index (χ0n) is 10.7. The maximum Gasteiger partial charge on any atom is 0.573 e. The van der Waals surface area contributed by atoms with Crippen molar-refractivity contribution in [1.29, 1.82) is 0 Å². The summed E-state index contributed by atoms with van der Waals surface area (Å²) in [5.41, 5.74) is -0.371. The van der Waals surface area contributed by atoms with E-state index in [1.807, 2.05) is 0 Å². The van der Waals surface area contributed by atoms with Gasteiger partial charge >= 0.3 is 6.36 Å². The predicted molar refractivity (Wildman–Crippen MR) is 70.2 cm³/mol. The quantitative estimate of drug-likeness (QED) is 0.872. The Balaban J connectivity index is 2.83. The van der Waals surface area contributed by atoms with Crippen LogP contribution in [0.5, 0.6) is 5.75 Å². The number of nitrogens with one attached hydrogen (secondary N) is 1. The van der Waals surface area contributed by atoms with Crippen LogP contribution in [0.1, 0.15) is 20.8 Å². The van der Waals surface area contributed by atoms with Crippen LogP contribution >= 0.6 is 15.9 Å². The van der Waals surface area contributed by atoms with Crippen molar-refractivity contribution in [2.24, 2.45) is 0 Å². The van der Waals surface area contributed by atoms with Gasteiger partial charge < -0.3 is 15.2 Å². The number of ether oxygens (including phenoxy) is 1. The molecule has 1 rings (SSSR count). The monoisotopic (exact) mass is 341 g/mol. The lowest BCUT2D eigenvalue weighted by molar-refractivity contribution is -0.274. The van der Waals surface area contributed by atoms with E-state index in [9.17, 15) is 18.3 Å². The second-order valence-corrected chi connectivity index (χ2v) is 5.57. The van der Waals surface area contributed by atoms with Crippen LogP contribution in [-0.2, 0) is 0 Å². The van der Waals surface area contributed by atoms with Gasteiger partial charge in [0.25, 0.3) is 0 Å². The van der Waals surface area contributed by atoms with Crippen LogP contribution in [0.2, 0.25) is 0 Å². The summed E-state index contributed by atoms with van der Waals surface area (Å²) in [6.07, 6.45) is -4.72. The average molecular weight is 342 g/mol. The minimum Gasteiger partial charge on any atom is -0.405 e. The predicted octanol–water partition coefficient (Wildman–Crippen LogP) is 3.92. The Morgan fingerprint density at radius 3 is 2.32 bits per heavy atom. The molecule has 0 radical (unpaired) electrons. The molecule has 0 bridgehead atoms. The Morgan fingerprint density at radius 1 is 1.32 bits per heavy atom. The highest BCUT2D eigenvalue weighted by Gasteiger charge is 2.32. The number of alkyl halides is 3. The molecule has 0 heterocycles. The van der Waals surface area contributed by atoms with Crippen molar-refractivity contribution in [3.8, 4) is 5.75 Å². The fraction of sp³-hybridized carbons (Fsp3) is 0.500. The summed E-state index contributed by atoms with van der Waals surface area (Å²) in [7, 11) is 0. The summed E-state index contributed by atoms with van der Waals surface area (Å²) in [6, 6.07) is 3.85. The normalized spacial score (nSPS) is 14.1. The van der Waals surface area contributed by atoms with Gasteiger partial charge in [0.2, 0.25) is 0 Å². The minimum atomic E-state index is -4.72. The Hall–Kier alpha value is -0.950. The van der Waals surface area contributed by atoms with Gasteiger partial charge in [-0.3, -0.25) is 0 Å². The van der Waals surface area contributed by atoms with Gasteiger partial charge in [-0.25, -0.2) is 0 Å². The molecule has 0 saturated heterocycles. The fourth-order valence-corrected chi connectivity index (χ4v) is 1.68. The van der Waals surface area contributed by atoms with Crippen molar-refractivity contribution < 1.29 is 23.0 Å². The van der Waals surface area contributed by atoms with Crippen LogP contribution in [0.25, 0.3) is 0 Å². The number of anilines is 1. The van der Waals surface area contributed by atoms with Gasteiger partial charge in [-0.2, -0.15) is 0 Å². The number of hydrogen-bond donors (Lipinski definition) is 2. The van der Waals surface area contributed by atoms with Crippen molar-refractivity contribution in [3.05, 3.63) is 22.7 Å². The molecule has 0 fully saturated rings. The number of aliphatic hydroxyl groups is 1. The average Bonchev–Trinajstić information content (AvgIpc) is 2.19. The highest BCUT2D eigenvalue weighted by Crippen LogP contribution is 2.32. The highest BCUT2D eigenvalue weighted by molar-refractivity contribution is 9.10. The van der Waals surface area contributed by atoms with E-state index in [4.69, 9.17) is 0 Å². The third-order valence-corrected chi connectivity index (χ3v) is 3.22. The third kappa shape index (κ3) is 5.28. The molecule has 1 atom stereocenters. The van der Waals surface area contributed by atoms with Crippen LogP contribution < -0.4 is 10.1 Å². The molecule has 19 heavy (non-hydrogen) atoms. The molecule has 1 unspecified atom stereocenters. The van der Waals surface area contributed by atoms with Crippen LogP contribution in [0.4, 0.5) is 18.9 Å². The first kappa shape index (κ1) is 16.1. The van der Waals surface area contributed by atoms with Crippen molar-refractivity contribution in [1.82, 2.24) is 0 Å². The third-order valence-electron chi connectivity index (χ3n) is 2.60. The van der Waals surface area contributed by atoms with Gasteiger partial charge in [-0.1, -0.05) is 0 Å². The molecule has 108 valence electrons. The van der Waals surface area contributed by atoms with Crippen LogP contribution in [0.3, 0.4) is 0 Å². The number of benzene rings is 1. The number of rotatable bonds is 4. The molecule has 0 aliphatic carbocycles. The minimum absolute atomic E-state index is 0.178. The second kappa shape index (κ2) is 5.58. The fourth-order valence-electron chi connectivity index (χ4n) is 1.22. The Morgan fingerprint density at radius 2 is 1.89 bits per heavy atom. The lowest BCUT2D eigenvalue weighted by atomic mass is 10.0. The lowest BCUT2D eigenvalue weighted by Crippen LogP contribution is -2.39. The van der Waals surface area contributed by atoms with Gasteiger partial charge in [-0.05, 0) is 54.9 Å². The Kier molecular flexibility index (Phi) is 4.73. The van der Waals surface area contributed by atoms with Gasteiger partial charge in [0, 0.05) is 5.69 Å². The van der Waals surface area contributed by atoms with Gasteiger partial charge in [0.15, 0.2) is 0 Å². The Bertz CT molecular complexity index is 444. The summed E-state index contributed by atoms with van der Waals surface area (Å²) in [4.78, 5) is 0. The zero-order chi connectivity index (χ0) is 14.8. The van der Waals surface area contributed by atoms with E-state index < -0.39 is 12.0 Å². The maximum atomic E-state index is 12.1. The molecule has 0 aliphatic rings. The topological polar surface area (TPSA) is 41.5 Å². The molecular weight excluding hydrogens is 327 g/mol. The molecule has 1 aromatic carbocycles. The molecule has 0 amide bonds. The van der Waals surface area contributed by atoms with Gasteiger partial charge in [-0.15, -0.1) is 13.2 Å². The van der Waals surface area contributed by atoms with E-state index in [-0.39, 0.29) is 16.3 Å². The Labute approximate surface area is 117 Å². The zero-order valence-corrected chi connectivity index (χ0v) is 12.3. The molecule has 1 aromatic rings. The van der Waals surface area contributed by atoms with E-state index >= 15 is 0 Å². The lowest BCUT2D eigenvalue weighted by Gasteiger charge is -2.27. The van der Waals surface area contributed by atoms with E-state index in [2.05, 4.69) is 26.0 Å². The number of halogens is 4. The van der Waals surface area contributed by atoms with Crippen LogP contribution in [0.15, 0.2) is 22.7 Å². The first-order chi connectivity index (χ1) is 8.49. The largest absolute Gasteiger partial charge is 0.573 e. The maximum absolute atomic E-state index is 12.1. The molecule has 2 N–H and O–H groups in total. The summed E-state index contributed by atoms with van der Waals surface area (Å²) in [6.45, 7) is 5.05. The smallest absolute Gasteiger partial charge is 0.405 e. The van der Waals surface area contributed by atoms with Crippen molar-refractivity contribution in [2.45, 2.75) is 38.8 Å². The highest BCUT2D eigenvalue weighted by atomic mass is 79.9. The molecule has 0 aromatic heterocycles. The van der Waals surface area contributed by atoms with Crippen molar-refractivity contribution >= 4 is 21.6 Å². The summed E-state index contributed by atoms with van der Waals surface area (Å²) >= 11 is 3.01. The summed E-state index contributed by atoms with van der Waals surface area (Å²) in [5.74, 6) is -0.311. The molecule has 0 saturated carbocycles. The molecule has 0 aliphatic heterocycles. The molecule has 3 nitrogen and oxygen atoms in total. The van der Waals surface area contributed by atoms with E-state index in [0.29, 0.717) is 5.69 Å². The summed E-state index contributed by atoms with van der Waals surface area (Å²) in [5, 5.41) is 12.8. The first-order valence-corrected chi connectivity index (χ1v) is 6.32. The van der Waals surface area contributed by atoms with Crippen LogP contribution in [-0.4, -0.2) is 23.1 Å². The molecule has 7 heteroatoms. The molecular formula is C12H15BrF3NO2. The first-order valence-electron chi connectivity index (χ1n) is 5.53. The van der Waals surface area contributed by atoms with Gasteiger partial charge in [0.05, 0.1) is 16.1 Å². The van der Waals surface area contributed by atoms with E-state index in [0.717, 1.165) is 0 Å². The van der Waals surface area contributed by atoms with Crippen molar-refractivity contribution in [2.75, 3.05) is 5.32 Å². The number of hydrogen-bond acceptors (Lipinski definition) is 3. The standard InChI is InChI=1S/C12H15BrF3NO2/c1-7(11(2,3)18)17-8-4-5-10(9(13)6-8)19-12(14,15)16/h4-7,17-18H,1-3H3. The van der Waals surface area contributed by atoms with Crippen molar-refractivity contribution in [3.63, 3.8) is 0 Å². The SMILES string of the molecule is CC(Nc1ccc(OC(F)(F)F)c(Br)c1)C(C)(C)O. The second-order valence-electron chi connectivity index (χ2n) is 4.71. The van der Waals surface area contributed by atoms with Gasteiger partial charge in [0.1, 0.15) is 5.75 Å². The van der Waals surface area contributed by atoms with E-state index in [1.165, 1.54) is 18.2 Å².